The summed E-state index contributed by atoms with van der Waals surface area (Å²) in [5, 5.41) is 3.00. The number of nitrogens with one attached hydrogen (secondary N) is 1. The molecule has 0 saturated heterocycles. The van der Waals surface area contributed by atoms with Gasteiger partial charge in [-0.3, -0.25) is 4.79 Å². The quantitative estimate of drug-likeness (QED) is 0.759. The molecule has 19 heavy (non-hydrogen) atoms. The van der Waals surface area contributed by atoms with E-state index in [-0.39, 0.29) is 11.3 Å². The van der Waals surface area contributed by atoms with Gasteiger partial charge in [-0.1, -0.05) is 38.1 Å². The lowest BCUT2D eigenvalue weighted by Crippen LogP contribution is -2.34. The second-order valence-corrected chi connectivity index (χ2v) is 6.18. The van der Waals surface area contributed by atoms with Crippen LogP contribution in [-0.4, -0.2) is 18.3 Å². The first-order valence-electron chi connectivity index (χ1n) is 6.82. The zero-order chi connectivity index (χ0) is 14.3. The zero-order valence-corrected chi connectivity index (χ0v) is 12.9. The van der Waals surface area contributed by atoms with Crippen LogP contribution in [0.3, 0.4) is 0 Å². The van der Waals surface area contributed by atoms with Crippen molar-refractivity contribution in [3.05, 3.63) is 35.4 Å². The molecule has 0 aliphatic carbocycles. The number of hydrogen-bond donors (Lipinski definition) is 1. The van der Waals surface area contributed by atoms with E-state index in [1.165, 1.54) is 11.1 Å². The number of benzene rings is 1. The van der Waals surface area contributed by atoms with Crippen molar-refractivity contribution in [1.82, 2.24) is 5.32 Å². The van der Waals surface area contributed by atoms with Crippen molar-refractivity contribution in [2.24, 2.45) is 5.41 Å². The Morgan fingerprint density at radius 3 is 2.63 bits per heavy atom. The molecule has 0 aliphatic rings. The normalized spacial score (nSPS) is 11.4. The summed E-state index contributed by atoms with van der Waals surface area (Å²) >= 11 is 5.75. The van der Waals surface area contributed by atoms with Gasteiger partial charge in [-0.25, -0.2) is 0 Å². The summed E-state index contributed by atoms with van der Waals surface area (Å²) in [5.74, 6) is 0.748. The Balaban J connectivity index is 2.35. The summed E-state index contributed by atoms with van der Waals surface area (Å²) in [5.41, 5.74) is 2.57. The number of alkyl halides is 1. The summed E-state index contributed by atoms with van der Waals surface area (Å²) in [6.45, 7) is 7.01. The zero-order valence-electron chi connectivity index (χ0n) is 12.1. The number of aryl methyl sites for hydroxylation is 2. The van der Waals surface area contributed by atoms with Gasteiger partial charge < -0.3 is 5.32 Å². The van der Waals surface area contributed by atoms with E-state index >= 15 is 0 Å². The van der Waals surface area contributed by atoms with Crippen molar-refractivity contribution >= 4 is 17.5 Å². The highest BCUT2D eigenvalue weighted by atomic mass is 35.5. The van der Waals surface area contributed by atoms with Crippen molar-refractivity contribution in [2.75, 3.05) is 12.4 Å². The number of halogens is 1. The van der Waals surface area contributed by atoms with Crippen LogP contribution in [0, 0.1) is 12.3 Å². The van der Waals surface area contributed by atoms with E-state index in [1.54, 1.807) is 0 Å². The van der Waals surface area contributed by atoms with Crippen LogP contribution in [0.15, 0.2) is 24.3 Å². The summed E-state index contributed by atoms with van der Waals surface area (Å²) in [6.07, 6.45) is 2.25. The highest BCUT2D eigenvalue weighted by Crippen LogP contribution is 2.19. The molecular formula is C16H24ClNO. The first-order valence-corrected chi connectivity index (χ1v) is 7.35. The summed E-state index contributed by atoms with van der Waals surface area (Å²) in [6, 6.07) is 8.20. The number of hydrogen-bond acceptors (Lipinski definition) is 1. The van der Waals surface area contributed by atoms with Crippen LogP contribution in [0.25, 0.3) is 0 Å². The van der Waals surface area contributed by atoms with Gasteiger partial charge in [0.25, 0.3) is 0 Å². The largest absolute Gasteiger partial charge is 0.356 e. The van der Waals surface area contributed by atoms with Crippen LogP contribution in [-0.2, 0) is 11.2 Å². The molecular weight excluding hydrogens is 258 g/mol. The summed E-state index contributed by atoms with van der Waals surface area (Å²) < 4.78 is 0. The lowest BCUT2D eigenvalue weighted by molar-refractivity contribution is -0.121. The minimum absolute atomic E-state index is 0.0695. The molecule has 1 N–H and O–H groups in total. The summed E-state index contributed by atoms with van der Waals surface area (Å²) in [7, 11) is 0. The highest BCUT2D eigenvalue weighted by molar-refractivity contribution is 6.17. The summed E-state index contributed by atoms with van der Waals surface area (Å²) in [4.78, 5) is 11.8. The fourth-order valence-corrected chi connectivity index (χ4v) is 2.42. The van der Waals surface area contributed by atoms with Gasteiger partial charge in [-0.05, 0) is 36.3 Å². The van der Waals surface area contributed by atoms with Crippen LogP contribution in [0.2, 0.25) is 0 Å². The maximum Gasteiger partial charge on any atom is 0.220 e. The first-order chi connectivity index (χ1) is 8.94. The van der Waals surface area contributed by atoms with E-state index in [4.69, 9.17) is 11.6 Å². The van der Waals surface area contributed by atoms with Gasteiger partial charge >= 0.3 is 0 Å². The van der Waals surface area contributed by atoms with Gasteiger partial charge in [-0.2, -0.15) is 0 Å². The second kappa shape index (κ2) is 7.54. The Kier molecular flexibility index (Phi) is 6.36. The molecule has 1 amide bonds. The lowest BCUT2D eigenvalue weighted by Gasteiger charge is -2.23. The fourth-order valence-electron chi connectivity index (χ4n) is 1.91. The van der Waals surface area contributed by atoms with E-state index in [9.17, 15) is 4.79 Å². The molecule has 0 atom stereocenters. The van der Waals surface area contributed by atoms with Gasteiger partial charge in [-0.15, -0.1) is 11.6 Å². The van der Waals surface area contributed by atoms with Crippen molar-refractivity contribution in [3.63, 3.8) is 0 Å². The van der Waals surface area contributed by atoms with Crippen molar-refractivity contribution < 1.29 is 4.79 Å². The smallest absolute Gasteiger partial charge is 0.220 e. The van der Waals surface area contributed by atoms with E-state index < -0.39 is 0 Å². The second-order valence-electron chi connectivity index (χ2n) is 5.81. The number of carbonyl (C=O) groups excluding carboxylic acids is 1. The standard InChI is InChI=1S/C16H24ClNO/c1-13-6-4-5-7-14(13)8-9-15(19)18-12-16(2,3)10-11-17/h4-7H,8-12H2,1-3H3,(H,18,19). The Labute approximate surface area is 121 Å². The van der Waals surface area contributed by atoms with Crippen LogP contribution in [0.4, 0.5) is 0 Å². The molecule has 0 unspecified atom stereocenters. The highest BCUT2D eigenvalue weighted by Gasteiger charge is 2.17. The molecule has 1 rings (SSSR count). The topological polar surface area (TPSA) is 29.1 Å². The van der Waals surface area contributed by atoms with Crippen LogP contribution < -0.4 is 5.32 Å². The first kappa shape index (κ1) is 16.0. The van der Waals surface area contributed by atoms with E-state index in [1.807, 2.05) is 12.1 Å². The third-order valence-electron chi connectivity index (χ3n) is 3.42. The van der Waals surface area contributed by atoms with E-state index in [0.717, 1.165) is 12.8 Å². The third-order valence-corrected chi connectivity index (χ3v) is 3.61. The number of carbonyl (C=O) groups is 1. The molecule has 0 radical (unpaired) electrons. The Morgan fingerprint density at radius 1 is 1.32 bits per heavy atom. The predicted molar refractivity (Wildman–Crippen MR) is 81.6 cm³/mol. The average molecular weight is 282 g/mol. The molecule has 0 saturated carbocycles. The van der Waals surface area contributed by atoms with E-state index in [2.05, 4.69) is 38.2 Å². The molecule has 2 nitrogen and oxygen atoms in total. The number of amides is 1. The molecule has 0 heterocycles. The molecule has 3 heteroatoms. The molecule has 0 bridgehead atoms. The SMILES string of the molecule is Cc1ccccc1CCC(=O)NCC(C)(C)CCCl. The molecule has 0 aliphatic heterocycles. The van der Waals surface area contributed by atoms with Gasteiger partial charge in [0.05, 0.1) is 0 Å². The van der Waals surface area contributed by atoms with Crippen LogP contribution in [0.5, 0.6) is 0 Å². The monoisotopic (exact) mass is 281 g/mol. The Bertz CT molecular complexity index is 415. The van der Waals surface area contributed by atoms with Gasteiger partial charge in [0.2, 0.25) is 5.91 Å². The molecule has 0 spiro atoms. The molecule has 0 aromatic heterocycles. The maximum absolute atomic E-state index is 11.8. The van der Waals surface area contributed by atoms with Gasteiger partial charge in [0.15, 0.2) is 0 Å². The lowest BCUT2D eigenvalue weighted by atomic mass is 9.90. The van der Waals surface area contributed by atoms with Gasteiger partial charge in [0, 0.05) is 18.8 Å². The van der Waals surface area contributed by atoms with Crippen LogP contribution >= 0.6 is 11.6 Å². The van der Waals surface area contributed by atoms with Crippen LogP contribution in [0.1, 0.15) is 37.8 Å². The molecule has 106 valence electrons. The molecule has 0 fully saturated rings. The molecule has 1 aromatic rings. The number of rotatable bonds is 7. The Hall–Kier alpha value is -1.02. The van der Waals surface area contributed by atoms with Gasteiger partial charge in [0.1, 0.15) is 0 Å². The minimum Gasteiger partial charge on any atom is -0.356 e. The minimum atomic E-state index is 0.0695. The Morgan fingerprint density at radius 2 is 2.00 bits per heavy atom. The average Bonchev–Trinajstić information content (AvgIpc) is 2.35. The van der Waals surface area contributed by atoms with Crippen molar-refractivity contribution in [3.8, 4) is 0 Å². The van der Waals surface area contributed by atoms with Crippen molar-refractivity contribution in [1.29, 1.82) is 0 Å². The maximum atomic E-state index is 11.8. The molecule has 1 aromatic carbocycles. The van der Waals surface area contributed by atoms with Crippen molar-refractivity contribution in [2.45, 2.75) is 40.0 Å². The fraction of sp³-hybridized carbons (Fsp3) is 0.562. The predicted octanol–water partition coefficient (Wildman–Crippen LogP) is 3.70. The third kappa shape index (κ3) is 6.11. The van der Waals surface area contributed by atoms with E-state index in [0.29, 0.717) is 18.8 Å².